The van der Waals surface area contributed by atoms with Crippen molar-refractivity contribution in [2.24, 2.45) is 11.7 Å². The van der Waals surface area contributed by atoms with E-state index in [-0.39, 0.29) is 11.6 Å². The van der Waals surface area contributed by atoms with Crippen molar-refractivity contribution in [3.8, 4) is 0 Å². The SMILES string of the molecule is CCC(CC)CNC1(CN)CCCCC1OC. The molecule has 17 heavy (non-hydrogen) atoms. The molecule has 2 atom stereocenters. The molecule has 0 aliphatic heterocycles. The molecule has 3 heteroatoms. The van der Waals surface area contributed by atoms with Crippen LogP contribution in [0.5, 0.6) is 0 Å². The van der Waals surface area contributed by atoms with Gasteiger partial charge >= 0.3 is 0 Å². The molecule has 1 aliphatic rings. The van der Waals surface area contributed by atoms with E-state index < -0.39 is 0 Å². The maximum absolute atomic E-state index is 6.03. The van der Waals surface area contributed by atoms with Gasteiger partial charge in [0.25, 0.3) is 0 Å². The van der Waals surface area contributed by atoms with E-state index in [0.29, 0.717) is 6.54 Å². The second-order valence-corrected chi connectivity index (χ2v) is 5.39. The average molecular weight is 242 g/mol. The van der Waals surface area contributed by atoms with Gasteiger partial charge in [-0.15, -0.1) is 0 Å². The first-order chi connectivity index (χ1) is 8.22. The zero-order chi connectivity index (χ0) is 12.7. The van der Waals surface area contributed by atoms with Crippen LogP contribution in [0.2, 0.25) is 0 Å². The lowest BCUT2D eigenvalue weighted by atomic mass is 9.78. The van der Waals surface area contributed by atoms with Crippen molar-refractivity contribution in [3.63, 3.8) is 0 Å². The van der Waals surface area contributed by atoms with E-state index in [2.05, 4.69) is 19.2 Å². The molecule has 0 amide bonds. The molecular formula is C14H30N2O. The molecule has 0 spiro atoms. The Bertz CT molecular complexity index is 206. The lowest BCUT2D eigenvalue weighted by Crippen LogP contribution is -2.62. The minimum absolute atomic E-state index is 0.0234. The molecule has 0 aromatic rings. The zero-order valence-corrected chi connectivity index (χ0v) is 11.8. The third-order valence-electron chi connectivity index (χ3n) is 4.50. The van der Waals surface area contributed by atoms with Crippen molar-refractivity contribution in [2.75, 3.05) is 20.2 Å². The summed E-state index contributed by atoms with van der Waals surface area (Å²) in [5.41, 5.74) is 6.05. The predicted molar refractivity (Wildman–Crippen MR) is 73.1 cm³/mol. The largest absolute Gasteiger partial charge is 0.379 e. The molecule has 0 radical (unpaired) electrons. The van der Waals surface area contributed by atoms with Crippen LogP contribution in [-0.4, -0.2) is 31.8 Å². The highest BCUT2D eigenvalue weighted by Crippen LogP contribution is 2.30. The minimum Gasteiger partial charge on any atom is -0.379 e. The summed E-state index contributed by atoms with van der Waals surface area (Å²) >= 11 is 0. The van der Waals surface area contributed by atoms with E-state index in [1.54, 1.807) is 0 Å². The number of ether oxygens (including phenoxy) is 1. The number of nitrogens with two attached hydrogens (primary N) is 1. The highest BCUT2D eigenvalue weighted by molar-refractivity contribution is 4.99. The van der Waals surface area contributed by atoms with Crippen LogP contribution in [-0.2, 0) is 4.74 Å². The van der Waals surface area contributed by atoms with Crippen LogP contribution in [0.25, 0.3) is 0 Å². The fourth-order valence-corrected chi connectivity index (χ4v) is 2.98. The molecule has 1 fully saturated rings. The maximum atomic E-state index is 6.03. The summed E-state index contributed by atoms with van der Waals surface area (Å²) in [4.78, 5) is 0. The molecule has 1 rings (SSSR count). The normalized spacial score (nSPS) is 29.8. The lowest BCUT2D eigenvalue weighted by molar-refractivity contribution is -0.0102. The summed E-state index contributed by atoms with van der Waals surface area (Å²) in [6.07, 6.45) is 7.60. The van der Waals surface area contributed by atoms with Crippen molar-refractivity contribution in [3.05, 3.63) is 0 Å². The summed E-state index contributed by atoms with van der Waals surface area (Å²) < 4.78 is 5.66. The molecule has 0 heterocycles. The van der Waals surface area contributed by atoms with Crippen LogP contribution < -0.4 is 11.1 Å². The summed E-state index contributed by atoms with van der Waals surface area (Å²) in [6, 6.07) is 0. The number of methoxy groups -OCH3 is 1. The van der Waals surface area contributed by atoms with Gasteiger partial charge in [-0.05, 0) is 25.3 Å². The molecule has 2 unspecified atom stereocenters. The van der Waals surface area contributed by atoms with Gasteiger partial charge in [-0.2, -0.15) is 0 Å². The molecule has 1 aliphatic carbocycles. The van der Waals surface area contributed by atoms with E-state index in [9.17, 15) is 0 Å². The van der Waals surface area contributed by atoms with Gasteiger partial charge in [0.1, 0.15) is 0 Å². The van der Waals surface area contributed by atoms with Crippen molar-refractivity contribution < 1.29 is 4.74 Å². The van der Waals surface area contributed by atoms with Crippen LogP contribution in [0.1, 0.15) is 52.4 Å². The summed E-state index contributed by atoms with van der Waals surface area (Å²) in [5.74, 6) is 0.762. The van der Waals surface area contributed by atoms with Crippen LogP contribution in [0, 0.1) is 5.92 Å². The number of rotatable bonds is 7. The fraction of sp³-hybridized carbons (Fsp3) is 1.00. The van der Waals surface area contributed by atoms with Gasteiger partial charge in [-0.3, -0.25) is 0 Å². The van der Waals surface area contributed by atoms with E-state index >= 15 is 0 Å². The minimum atomic E-state index is 0.0234. The number of hydrogen-bond donors (Lipinski definition) is 2. The predicted octanol–water partition coefficient (Wildman–Crippen LogP) is 2.30. The Morgan fingerprint density at radius 1 is 1.35 bits per heavy atom. The fourth-order valence-electron chi connectivity index (χ4n) is 2.98. The first-order valence-corrected chi connectivity index (χ1v) is 7.20. The Morgan fingerprint density at radius 3 is 2.59 bits per heavy atom. The Morgan fingerprint density at radius 2 is 2.06 bits per heavy atom. The third kappa shape index (κ3) is 3.67. The molecule has 3 N–H and O–H groups in total. The standard InChI is InChI=1S/C14H30N2O/c1-4-12(5-2)10-16-14(11-15)9-7-6-8-13(14)17-3/h12-13,16H,4-11,15H2,1-3H3. The van der Waals surface area contributed by atoms with E-state index in [4.69, 9.17) is 10.5 Å². The van der Waals surface area contributed by atoms with Gasteiger partial charge < -0.3 is 15.8 Å². The second-order valence-electron chi connectivity index (χ2n) is 5.39. The van der Waals surface area contributed by atoms with Gasteiger partial charge in [-0.1, -0.05) is 39.5 Å². The molecule has 1 saturated carbocycles. The molecule has 102 valence electrons. The monoisotopic (exact) mass is 242 g/mol. The maximum Gasteiger partial charge on any atom is 0.0765 e. The van der Waals surface area contributed by atoms with Crippen molar-refractivity contribution in [1.82, 2.24) is 5.32 Å². The van der Waals surface area contributed by atoms with Gasteiger partial charge in [0.15, 0.2) is 0 Å². The molecule has 0 aromatic carbocycles. The Hall–Kier alpha value is -0.120. The quantitative estimate of drug-likeness (QED) is 0.720. The van der Waals surface area contributed by atoms with Crippen molar-refractivity contribution >= 4 is 0 Å². The molecular weight excluding hydrogens is 212 g/mol. The third-order valence-corrected chi connectivity index (χ3v) is 4.50. The first kappa shape index (κ1) is 14.9. The summed E-state index contributed by atoms with van der Waals surface area (Å²) in [7, 11) is 1.82. The van der Waals surface area contributed by atoms with Crippen LogP contribution in [0.3, 0.4) is 0 Å². The first-order valence-electron chi connectivity index (χ1n) is 7.20. The smallest absolute Gasteiger partial charge is 0.0765 e. The average Bonchev–Trinajstić information content (AvgIpc) is 2.40. The highest BCUT2D eigenvalue weighted by Gasteiger charge is 2.39. The highest BCUT2D eigenvalue weighted by atomic mass is 16.5. The van der Waals surface area contributed by atoms with E-state index in [1.807, 2.05) is 7.11 Å². The van der Waals surface area contributed by atoms with Gasteiger partial charge in [-0.25, -0.2) is 0 Å². The molecule has 0 saturated heterocycles. The van der Waals surface area contributed by atoms with Crippen molar-refractivity contribution in [1.29, 1.82) is 0 Å². The number of nitrogens with one attached hydrogen (secondary N) is 1. The Kier molecular flexibility index (Phi) is 6.45. The van der Waals surface area contributed by atoms with Crippen LogP contribution >= 0.6 is 0 Å². The zero-order valence-electron chi connectivity index (χ0n) is 11.8. The molecule has 0 aromatic heterocycles. The van der Waals surface area contributed by atoms with Gasteiger partial charge in [0.2, 0.25) is 0 Å². The number of hydrogen-bond acceptors (Lipinski definition) is 3. The molecule has 0 bridgehead atoms. The second kappa shape index (κ2) is 7.34. The summed E-state index contributed by atoms with van der Waals surface area (Å²) in [6.45, 7) is 6.29. The van der Waals surface area contributed by atoms with Crippen LogP contribution in [0.4, 0.5) is 0 Å². The van der Waals surface area contributed by atoms with Gasteiger partial charge in [0, 0.05) is 13.7 Å². The topological polar surface area (TPSA) is 47.3 Å². The van der Waals surface area contributed by atoms with E-state index in [0.717, 1.165) is 25.3 Å². The van der Waals surface area contributed by atoms with Gasteiger partial charge in [0.05, 0.1) is 11.6 Å². The van der Waals surface area contributed by atoms with E-state index in [1.165, 1.54) is 25.7 Å². The Balaban J connectivity index is 2.59. The Labute approximate surface area is 106 Å². The van der Waals surface area contributed by atoms with Crippen molar-refractivity contribution in [2.45, 2.75) is 64.0 Å². The van der Waals surface area contributed by atoms with Crippen LogP contribution in [0.15, 0.2) is 0 Å². The lowest BCUT2D eigenvalue weighted by Gasteiger charge is -2.44. The molecule has 3 nitrogen and oxygen atoms in total. The summed E-state index contributed by atoms with van der Waals surface area (Å²) in [5, 5.41) is 3.74.